The number of aromatic nitrogens is 1. The minimum atomic E-state index is -0.148. The predicted octanol–water partition coefficient (Wildman–Crippen LogP) is 19.3. The van der Waals surface area contributed by atoms with Crippen molar-refractivity contribution in [3.05, 3.63) is 291 Å². The first-order chi connectivity index (χ1) is 41.6. The standard InChI is InChI=1S/C78H48BN3O2/c1-3-15-49(16-4-1)51-27-35-57(36-28-51)80-70-43-53(55-31-39-64-62-21-9-13-25-74(62)83-76(64)45-55)33-41-66(70)79-67-42-34-54(56-32-40-65-63-22-10-14-26-75(63)84-77(65)46-56)44-71(67)81(58-37-29-52(30-38-58)50-17-5-2-6-18-50)73-48-59(47-72(80)78(73)79)82-68-23-11-7-19-60(68)61-20-8-12-24-69(61)82/h1-48H. The number of furan rings is 2. The molecule has 0 N–H and O–H groups in total. The van der Waals surface area contributed by atoms with Gasteiger partial charge in [-0.1, -0.05) is 194 Å². The molecule has 2 aliphatic heterocycles. The quantitative estimate of drug-likeness (QED) is 0.149. The van der Waals surface area contributed by atoms with Gasteiger partial charge in [0.1, 0.15) is 22.3 Å². The van der Waals surface area contributed by atoms with Gasteiger partial charge in [0.2, 0.25) is 0 Å². The van der Waals surface area contributed by atoms with E-state index >= 15 is 0 Å². The smallest absolute Gasteiger partial charge is 0.252 e. The van der Waals surface area contributed by atoms with E-state index in [2.05, 4.69) is 293 Å². The molecule has 5 nitrogen and oxygen atoms in total. The molecule has 0 saturated carbocycles. The fourth-order valence-corrected chi connectivity index (χ4v) is 13.9. The number of hydrogen-bond donors (Lipinski definition) is 0. The monoisotopic (exact) mass is 1070 g/mol. The maximum Gasteiger partial charge on any atom is 0.252 e. The molecule has 2 aliphatic rings. The molecule has 0 bridgehead atoms. The first-order valence-corrected chi connectivity index (χ1v) is 28.8. The Balaban J connectivity index is 0.925. The molecule has 0 amide bonds. The van der Waals surface area contributed by atoms with Gasteiger partial charge in [0.25, 0.3) is 6.71 Å². The highest BCUT2D eigenvalue weighted by atomic mass is 16.3. The third kappa shape index (κ3) is 7.11. The SMILES string of the molecule is c1ccc(-c2ccc(N3c4cc(-c5ccc6c(c5)oc5ccccc56)ccc4B4c5ccc(-c6ccc7c(c6)oc6ccccc67)cc5N(c5ccc(-c6ccccc6)cc5)c5cc(-n6c7ccccc7c7ccccc76)cc3c54)cc2)cc1. The molecule has 0 saturated heterocycles. The minimum Gasteiger partial charge on any atom is -0.456 e. The first-order valence-electron chi connectivity index (χ1n) is 28.8. The Morgan fingerprint density at radius 1 is 0.238 bits per heavy atom. The van der Waals surface area contributed by atoms with Gasteiger partial charge in [-0.15, -0.1) is 0 Å². The van der Waals surface area contributed by atoms with E-state index in [1.807, 2.05) is 12.1 Å². The summed E-state index contributed by atoms with van der Waals surface area (Å²) in [6.07, 6.45) is 0. The molecule has 6 heteroatoms. The average molecular weight is 1070 g/mol. The molecule has 0 atom stereocenters. The Kier molecular flexibility index (Phi) is 10.1. The van der Waals surface area contributed by atoms with Crippen LogP contribution in [0.25, 0.3) is 116 Å². The molecule has 13 aromatic carbocycles. The Hall–Kier alpha value is -11.1. The zero-order valence-electron chi connectivity index (χ0n) is 45.4. The van der Waals surface area contributed by atoms with Gasteiger partial charge in [0.15, 0.2) is 0 Å². The third-order valence-corrected chi connectivity index (χ3v) is 17.8. The second-order valence-corrected chi connectivity index (χ2v) is 22.4. The number of rotatable bonds is 7. The summed E-state index contributed by atoms with van der Waals surface area (Å²) in [5, 5.41) is 6.90. The fourth-order valence-electron chi connectivity index (χ4n) is 13.9. The summed E-state index contributed by atoms with van der Waals surface area (Å²) in [6.45, 7) is -0.148. The number of para-hydroxylation sites is 4. The van der Waals surface area contributed by atoms with Crippen LogP contribution < -0.4 is 26.2 Å². The van der Waals surface area contributed by atoms with E-state index in [0.717, 1.165) is 128 Å². The lowest BCUT2D eigenvalue weighted by molar-refractivity contribution is 0.668. The van der Waals surface area contributed by atoms with Gasteiger partial charge in [-0.05, 0) is 158 Å². The molecule has 0 aliphatic carbocycles. The van der Waals surface area contributed by atoms with Crippen LogP contribution >= 0.6 is 0 Å². The molecule has 18 rings (SSSR count). The molecule has 0 fully saturated rings. The Morgan fingerprint density at radius 3 is 1.06 bits per heavy atom. The van der Waals surface area contributed by atoms with Crippen LogP contribution in [0.4, 0.5) is 34.1 Å². The zero-order valence-corrected chi connectivity index (χ0v) is 45.4. The Morgan fingerprint density at radius 2 is 0.595 bits per heavy atom. The van der Waals surface area contributed by atoms with Crippen LogP contribution in [0.15, 0.2) is 300 Å². The van der Waals surface area contributed by atoms with Crippen LogP contribution in [0.3, 0.4) is 0 Å². The van der Waals surface area contributed by atoms with Crippen molar-refractivity contribution < 1.29 is 8.83 Å². The molecular formula is C78H48BN3O2. The van der Waals surface area contributed by atoms with Gasteiger partial charge in [-0.3, -0.25) is 0 Å². The first kappa shape index (κ1) is 46.7. The molecule has 3 aromatic heterocycles. The van der Waals surface area contributed by atoms with Crippen molar-refractivity contribution in [1.29, 1.82) is 0 Å². The highest BCUT2D eigenvalue weighted by Gasteiger charge is 2.44. The van der Waals surface area contributed by atoms with Gasteiger partial charge >= 0.3 is 0 Å². The van der Waals surface area contributed by atoms with Gasteiger partial charge in [-0.25, -0.2) is 0 Å². The van der Waals surface area contributed by atoms with E-state index in [-0.39, 0.29) is 6.71 Å². The molecule has 0 spiro atoms. The molecular weight excluding hydrogens is 1020 g/mol. The lowest BCUT2D eigenvalue weighted by Gasteiger charge is -2.44. The average Bonchev–Trinajstić information content (AvgIpc) is 1.82. The number of fused-ring (bicyclic) bond motifs is 13. The van der Waals surface area contributed by atoms with E-state index in [0.29, 0.717) is 0 Å². The summed E-state index contributed by atoms with van der Waals surface area (Å²) in [5.74, 6) is 0. The van der Waals surface area contributed by atoms with Crippen LogP contribution in [0.5, 0.6) is 0 Å². The van der Waals surface area contributed by atoms with Gasteiger partial charge < -0.3 is 23.2 Å². The maximum atomic E-state index is 6.54. The minimum absolute atomic E-state index is 0.148. The summed E-state index contributed by atoms with van der Waals surface area (Å²) < 4.78 is 15.6. The summed E-state index contributed by atoms with van der Waals surface area (Å²) in [4.78, 5) is 5.08. The molecule has 16 aromatic rings. The van der Waals surface area contributed by atoms with E-state index in [9.17, 15) is 0 Å². The number of nitrogens with zero attached hydrogens (tertiary/aromatic N) is 3. The van der Waals surface area contributed by atoms with E-state index in [4.69, 9.17) is 8.83 Å². The predicted molar refractivity (Wildman–Crippen MR) is 351 cm³/mol. The van der Waals surface area contributed by atoms with E-state index in [1.54, 1.807) is 0 Å². The van der Waals surface area contributed by atoms with Crippen molar-refractivity contribution in [2.75, 3.05) is 9.80 Å². The maximum absolute atomic E-state index is 6.54. The lowest BCUT2D eigenvalue weighted by atomic mass is 9.33. The highest BCUT2D eigenvalue weighted by Crippen LogP contribution is 2.49. The van der Waals surface area contributed by atoms with E-state index < -0.39 is 0 Å². The van der Waals surface area contributed by atoms with Crippen molar-refractivity contribution in [2.24, 2.45) is 0 Å². The summed E-state index contributed by atoms with van der Waals surface area (Å²) in [6, 6.07) is 107. The lowest BCUT2D eigenvalue weighted by Crippen LogP contribution is -2.61. The van der Waals surface area contributed by atoms with Crippen LogP contribution in [0, 0.1) is 0 Å². The number of hydrogen-bond acceptors (Lipinski definition) is 4. The van der Waals surface area contributed by atoms with Crippen molar-refractivity contribution in [2.45, 2.75) is 0 Å². The van der Waals surface area contributed by atoms with Crippen LogP contribution in [0.2, 0.25) is 0 Å². The normalized spacial score (nSPS) is 12.7. The summed E-state index contributed by atoms with van der Waals surface area (Å²) >= 11 is 0. The van der Waals surface area contributed by atoms with Crippen LogP contribution in [-0.2, 0) is 0 Å². The third-order valence-electron chi connectivity index (χ3n) is 17.8. The molecule has 390 valence electrons. The topological polar surface area (TPSA) is 37.7 Å². The van der Waals surface area contributed by atoms with Gasteiger partial charge in [0.05, 0.1) is 16.7 Å². The second-order valence-electron chi connectivity index (χ2n) is 22.4. The zero-order chi connectivity index (χ0) is 55.0. The summed E-state index contributed by atoms with van der Waals surface area (Å²) in [5.41, 5.74) is 26.3. The molecule has 84 heavy (non-hydrogen) atoms. The molecule has 0 unspecified atom stereocenters. The van der Waals surface area contributed by atoms with Crippen molar-refractivity contribution in [3.63, 3.8) is 0 Å². The van der Waals surface area contributed by atoms with Gasteiger partial charge in [-0.2, -0.15) is 0 Å². The van der Waals surface area contributed by atoms with Crippen molar-refractivity contribution >= 4 is 123 Å². The molecule has 0 radical (unpaired) electrons. The van der Waals surface area contributed by atoms with Crippen LogP contribution in [0.1, 0.15) is 0 Å². The Labute approximate surface area is 484 Å². The fraction of sp³-hybridized carbons (Fsp3) is 0. The largest absolute Gasteiger partial charge is 0.456 e. The van der Waals surface area contributed by atoms with Crippen molar-refractivity contribution in [1.82, 2.24) is 4.57 Å². The number of benzene rings is 13. The number of anilines is 6. The molecule has 5 heterocycles. The van der Waals surface area contributed by atoms with Gasteiger partial charge in [0, 0.05) is 66.4 Å². The summed E-state index contributed by atoms with van der Waals surface area (Å²) in [7, 11) is 0. The Bertz CT molecular complexity index is 5000. The van der Waals surface area contributed by atoms with E-state index in [1.165, 1.54) is 38.3 Å². The van der Waals surface area contributed by atoms with Crippen LogP contribution in [-0.4, -0.2) is 11.3 Å². The highest BCUT2D eigenvalue weighted by molar-refractivity contribution is 7.00. The second kappa shape index (κ2) is 18.2. The van der Waals surface area contributed by atoms with Crippen molar-refractivity contribution in [3.8, 4) is 50.2 Å².